The van der Waals surface area contributed by atoms with Gasteiger partial charge in [0.05, 0.1) is 17.2 Å². The summed E-state index contributed by atoms with van der Waals surface area (Å²) in [6, 6.07) is 0.0842. The summed E-state index contributed by atoms with van der Waals surface area (Å²) in [5.74, 6) is 0.759. The lowest BCUT2D eigenvalue weighted by Gasteiger charge is -2.21. The summed E-state index contributed by atoms with van der Waals surface area (Å²) in [6.07, 6.45) is 2.71. The largest absolute Gasteiger partial charge is 0.313 e. The second-order valence-electron chi connectivity index (χ2n) is 4.77. The van der Waals surface area contributed by atoms with Crippen LogP contribution < -0.4 is 5.32 Å². The van der Waals surface area contributed by atoms with Crippen molar-refractivity contribution in [3.05, 3.63) is 17.5 Å². The molecule has 0 radical (unpaired) electrons. The molecule has 1 N–H and O–H groups in total. The van der Waals surface area contributed by atoms with E-state index >= 15 is 0 Å². The summed E-state index contributed by atoms with van der Waals surface area (Å²) in [5.41, 5.74) is 2.08. The van der Waals surface area contributed by atoms with E-state index < -0.39 is 9.84 Å². The van der Waals surface area contributed by atoms with E-state index in [4.69, 9.17) is 0 Å². The van der Waals surface area contributed by atoms with E-state index in [-0.39, 0.29) is 17.7 Å². The van der Waals surface area contributed by atoms with E-state index in [0.29, 0.717) is 5.75 Å². The first-order valence-corrected chi connectivity index (χ1v) is 7.63. The molecular formula is C11H19N3O2S. The van der Waals surface area contributed by atoms with Crippen LogP contribution in [0.15, 0.2) is 6.20 Å². The van der Waals surface area contributed by atoms with Crippen molar-refractivity contribution in [3.63, 3.8) is 0 Å². The molecule has 5 nitrogen and oxygen atoms in total. The number of nitrogens with zero attached hydrogens (tertiary/aromatic N) is 2. The molecule has 0 spiro atoms. The van der Waals surface area contributed by atoms with Crippen LogP contribution in [0, 0.1) is 12.8 Å². The van der Waals surface area contributed by atoms with E-state index in [1.54, 1.807) is 4.68 Å². The Balaban J connectivity index is 2.26. The monoisotopic (exact) mass is 257 g/mol. The number of rotatable bonds is 3. The first-order chi connectivity index (χ1) is 7.93. The van der Waals surface area contributed by atoms with Crippen LogP contribution in [0.2, 0.25) is 0 Å². The zero-order valence-corrected chi connectivity index (χ0v) is 11.3. The molecule has 1 aromatic rings. The second-order valence-corrected chi connectivity index (χ2v) is 7.00. The predicted molar refractivity (Wildman–Crippen MR) is 66.5 cm³/mol. The maximum absolute atomic E-state index is 11.5. The van der Waals surface area contributed by atoms with Gasteiger partial charge in [-0.1, -0.05) is 0 Å². The fourth-order valence-electron chi connectivity index (χ4n) is 2.66. The minimum absolute atomic E-state index is 0.0842. The summed E-state index contributed by atoms with van der Waals surface area (Å²) in [4.78, 5) is 0. The molecule has 2 heterocycles. The Morgan fingerprint density at radius 2 is 2.29 bits per heavy atom. The summed E-state index contributed by atoms with van der Waals surface area (Å²) in [6.45, 7) is 1.96. The maximum Gasteiger partial charge on any atom is 0.150 e. The summed E-state index contributed by atoms with van der Waals surface area (Å²) in [7, 11) is 0.929. The average molecular weight is 257 g/mol. The van der Waals surface area contributed by atoms with Gasteiger partial charge in [0.1, 0.15) is 0 Å². The number of hydrogen-bond donors (Lipinski definition) is 1. The van der Waals surface area contributed by atoms with Crippen molar-refractivity contribution in [2.24, 2.45) is 13.0 Å². The molecule has 17 heavy (non-hydrogen) atoms. The SMILES string of the molecule is CNC(c1cn(C)nc1C)C1CCS(=O)(=O)C1. The highest BCUT2D eigenvalue weighted by molar-refractivity contribution is 7.91. The quantitative estimate of drug-likeness (QED) is 0.852. The Bertz CT molecular complexity index is 507. The molecule has 2 unspecified atom stereocenters. The average Bonchev–Trinajstić information content (AvgIpc) is 2.72. The lowest BCUT2D eigenvalue weighted by Crippen LogP contribution is -2.26. The minimum atomic E-state index is -2.83. The highest BCUT2D eigenvalue weighted by atomic mass is 32.2. The lowest BCUT2D eigenvalue weighted by molar-refractivity contribution is 0.417. The van der Waals surface area contributed by atoms with E-state index in [1.165, 1.54) is 0 Å². The maximum atomic E-state index is 11.5. The van der Waals surface area contributed by atoms with Gasteiger partial charge in [-0.05, 0) is 26.3 Å². The van der Waals surface area contributed by atoms with Gasteiger partial charge in [0.2, 0.25) is 0 Å². The van der Waals surface area contributed by atoms with E-state index in [9.17, 15) is 8.42 Å². The lowest BCUT2D eigenvalue weighted by atomic mass is 9.93. The van der Waals surface area contributed by atoms with Crippen LogP contribution >= 0.6 is 0 Å². The predicted octanol–water partition coefficient (Wildman–Crippen LogP) is 0.424. The first-order valence-electron chi connectivity index (χ1n) is 5.81. The van der Waals surface area contributed by atoms with Crippen molar-refractivity contribution in [2.75, 3.05) is 18.6 Å². The third-order valence-corrected chi connectivity index (χ3v) is 5.23. The molecule has 2 rings (SSSR count). The zero-order chi connectivity index (χ0) is 12.6. The van der Waals surface area contributed by atoms with Crippen LogP contribution in [0.3, 0.4) is 0 Å². The van der Waals surface area contributed by atoms with Crippen molar-refractivity contribution in [1.82, 2.24) is 15.1 Å². The number of nitrogens with one attached hydrogen (secondary N) is 1. The third kappa shape index (κ3) is 2.52. The van der Waals surface area contributed by atoms with Crippen LogP contribution in [0.1, 0.15) is 23.7 Å². The Morgan fingerprint density at radius 3 is 2.71 bits per heavy atom. The van der Waals surface area contributed by atoms with Crippen molar-refractivity contribution in [1.29, 1.82) is 0 Å². The van der Waals surface area contributed by atoms with E-state index in [1.807, 2.05) is 27.2 Å². The molecule has 0 aliphatic carbocycles. The Kier molecular flexibility index (Phi) is 3.27. The van der Waals surface area contributed by atoms with Crippen molar-refractivity contribution in [3.8, 4) is 0 Å². The van der Waals surface area contributed by atoms with Crippen LogP contribution in [0.5, 0.6) is 0 Å². The molecule has 1 aliphatic heterocycles. The molecule has 0 amide bonds. The summed E-state index contributed by atoms with van der Waals surface area (Å²) in [5, 5.41) is 7.55. The standard InChI is InChI=1S/C11H19N3O2S/c1-8-10(6-14(3)13-8)11(12-2)9-4-5-17(15,16)7-9/h6,9,11-12H,4-5,7H2,1-3H3. The van der Waals surface area contributed by atoms with Gasteiger partial charge in [-0.15, -0.1) is 0 Å². The zero-order valence-electron chi connectivity index (χ0n) is 10.5. The third-order valence-electron chi connectivity index (χ3n) is 3.44. The molecule has 0 saturated carbocycles. The van der Waals surface area contributed by atoms with Crippen LogP contribution in [0.4, 0.5) is 0 Å². The number of aromatic nitrogens is 2. The van der Waals surface area contributed by atoms with Gasteiger partial charge in [0.15, 0.2) is 9.84 Å². The van der Waals surface area contributed by atoms with Crippen molar-refractivity contribution < 1.29 is 8.42 Å². The summed E-state index contributed by atoms with van der Waals surface area (Å²) >= 11 is 0. The van der Waals surface area contributed by atoms with Crippen molar-refractivity contribution in [2.45, 2.75) is 19.4 Å². The molecule has 0 bridgehead atoms. The fraction of sp³-hybridized carbons (Fsp3) is 0.727. The molecule has 0 aromatic carbocycles. The molecule has 1 aliphatic rings. The first kappa shape index (κ1) is 12.6. The number of aryl methyl sites for hydroxylation is 2. The molecule has 1 fully saturated rings. The normalized spacial score (nSPS) is 25.0. The smallest absolute Gasteiger partial charge is 0.150 e. The molecule has 96 valence electrons. The molecule has 6 heteroatoms. The Labute approximate surface area is 102 Å². The van der Waals surface area contributed by atoms with Crippen LogP contribution in [-0.4, -0.2) is 36.8 Å². The van der Waals surface area contributed by atoms with Crippen LogP contribution in [0.25, 0.3) is 0 Å². The van der Waals surface area contributed by atoms with Gasteiger partial charge in [0, 0.05) is 24.8 Å². The minimum Gasteiger partial charge on any atom is -0.313 e. The fourth-order valence-corrected chi connectivity index (χ4v) is 4.50. The molecule has 1 aromatic heterocycles. The molecule has 2 atom stereocenters. The van der Waals surface area contributed by atoms with Gasteiger partial charge in [-0.2, -0.15) is 5.10 Å². The molecule has 1 saturated heterocycles. The Hall–Kier alpha value is -0.880. The topological polar surface area (TPSA) is 64.0 Å². The van der Waals surface area contributed by atoms with E-state index in [0.717, 1.165) is 17.7 Å². The van der Waals surface area contributed by atoms with Gasteiger partial charge >= 0.3 is 0 Å². The van der Waals surface area contributed by atoms with Crippen LogP contribution in [-0.2, 0) is 16.9 Å². The Morgan fingerprint density at radius 1 is 1.59 bits per heavy atom. The highest BCUT2D eigenvalue weighted by Gasteiger charge is 2.34. The van der Waals surface area contributed by atoms with Gasteiger partial charge in [-0.25, -0.2) is 8.42 Å². The van der Waals surface area contributed by atoms with Gasteiger partial charge in [-0.3, -0.25) is 4.68 Å². The van der Waals surface area contributed by atoms with Gasteiger partial charge in [0.25, 0.3) is 0 Å². The van der Waals surface area contributed by atoms with E-state index in [2.05, 4.69) is 10.4 Å². The number of hydrogen-bond acceptors (Lipinski definition) is 4. The van der Waals surface area contributed by atoms with Gasteiger partial charge < -0.3 is 5.32 Å². The second kappa shape index (κ2) is 4.42. The highest BCUT2D eigenvalue weighted by Crippen LogP contribution is 2.32. The summed E-state index contributed by atoms with van der Waals surface area (Å²) < 4.78 is 24.8. The molecular weight excluding hydrogens is 238 g/mol. The number of sulfone groups is 1. The van der Waals surface area contributed by atoms with Crippen molar-refractivity contribution >= 4 is 9.84 Å².